The van der Waals surface area contributed by atoms with Crippen LogP contribution in [-0.2, 0) is 4.79 Å². The van der Waals surface area contributed by atoms with Crippen LogP contribution in [0.1, 0.15) is 11.8 Å². The molecular weight excluding hydrogens is 424 g/mol. The van der Waals surface area contributed by atoms with E-state index in [1.165, 1.54) is 11.3 Å². The Kier molecular flexibility index (Phi) is 7.36. The Balaban J connectivity index is 1.70. The molecule has 0 spiro atoms. The first-order valence-electron chi connectivity index (χ1n) is 8.76. The van der Waals surface area contributed by atoms with E-state index in [0.717, 1.165) is 14.0 Å². The van der Waals surface area contributed by atoms with E-state index in [-0.39, 0.29) is 5.57 Å². The summed E-state index contributed by atoms with van der Waals surface area (Å²) in [6.07, 6.45) is 1.60. The average molecular weight is 441 g/mol. The number of nitrogens with zero attached hydrogens (tertiary/aromatic N) is 1. The number of nitrogens with one attached hydrogen (secondary N) is 1. The molecule has 29 heavy (non-hydrogen) atoms. The van der Waals surface area contributed by atoms with Crippen molar-refractivity contribution < 1.29 is 9.53 Å². The molecule has 0 unspecified atom stereocenters. The SMILES string of the molecule is CCOc1cccc(NC(=O)/C(C#N)=C\c2ccc(Sc3ccc(Cl)cc3)s2)c1. The maximum Gasteiger partial charge on any atom is 0.266 e. The summed E-state index contributed by atoms with van der Waals surface area (Å²) in [5, 5.41) is 12.9. The van der Waals surface area contributed by atoms with Crippen LogP contribution in [0.4, 0.5) is 5.69 Å². The Morgan fingerprint density at radius 2 is 2.03 bits per heavy atom. The Hall–Kier alpha value is -2.72. The second kappa shape index (κ2) is 10.2. The fraction of sp³-hybridized carbons (Fsp3) is 0.0909. The molecule has 1 N–H and O–H groups in total. The highest BCUT2D eigenvalue weighted by Crippen LogP contribution is 2.34. The molecule has 2 aromatic carbocycles. The molecule has 146 valence electrons. The van der Waals surface area contributed by atoms with Crippen LogP contribution in [0.2, 0.25) is 5.02 Å². The van der Waals surface area contributed by atoms with Crippen LogP contribution >= 0.6 is 34.7 Å². The van der Waals surface area contributed by atoms with Gasteiger partial charge in [0.1, 0.15) is 17.4 Å². The van der Waals surface area contributed by atoms with E-state index in [0.29, 0.717) is 23.1 Å². The number of hydrogen-bond donors (Lipinski definition) is 1. The molecule has 0 aliphatic heterocycles. The number of carbonyl (C=O) groups is 1. The molecule has 1 aromatic heterocycles. The van der Waals surface area contributed by atoms with E-state index < -0.39 is 5.91 Å². The van der Waals surface area contributed by atoms with E-state index in [2.05, 4.69) is 5.32 Å². The smallest absolute Gasteiger partial charge is 0.266 e. The molecule has 1 heterocycles. The lowest BCUT2D eigenvalue weighted by molar-refractivity contribution is -0.112. The Labute approximate surface area is 182 Å². The van der Waals surface area contributed by atoms with Gasteiger partial charge in [0.2, 0.25) is 0 Å². The fourth-order valence-corrected chi connectivity index (χ4v) is 4.60. The van der Waals surface area contributed by atoms with Gasteiger partial charge < -0.3 is 10.1 Å². The summed E-state index contributed by atoms with van der Waals surface area (Å²) in [7, 11) is 0. The van der Waals surface area contributed by atoms with Crippen molar-refractivity contribution in [1.82, 2.24) is 0 Å². The highest BCUT2D eigenvalue weighted by molar-refractivity contribution is 8.01. The van der Waals surface area contributed by atoms with Crippen molar-refractivity contribution in [2.24, 2.45) is 0 Å². The van der Waals surface area contributed by atoms with Crippen LogP contribution < -0.4 is 10.1 Å². The van der Waals surface area contributed by atoms with Crippen molar-refractivity contribution in [1.29, 1.82) is 5.26 Å². The van der Waals surface area contributed by atoms with Gasteiger partial charge in [-0.05, 0) is 61.5 Å². The number of benzene rings is 2. The molecule has 0 bridgehead atoms. The molecule has 0 fully saturated rings. The van der Waals surface area contributed by atoms with Crippen molar-refractivity contribution >= 4 is 52.4 Å². The first-order valence-corrected chi connectivity index (χ1v) is 10.8. The number of halogens is 1. The van der Waals surface area contributed by atoms with E-state index in [9.17, 15) is 10.1 Å². The summed E-state index contributed by atoms with van der Waals surface area (Å²) in [6.45, 7) is 2.43. The number of rotatable bonds is 7. The van der Waals surface area contributed by atoms with Crippen LogP contribution in [-0.4, -0.2) is 12.5 Å². The number of carbonyl (C=O) groups excluding carboxylic acids is 1. The standard InChI is InChI=1S/C22H17ClN2O2S2/c1-2-27-18-5-3-4-17(13-18)25-22(26)15(14-24)12-20-10-11-21(29-20)28-19-8-6-16(23)7-9-19/h3-13H,2H2,1H3,(H,25,26)/b15-12-. The van der Waals surface area contributed by atoms with E-state index in [1.54, 1.807) is 36.0 Å². The first kappa shape index (κ1) is 21.0. The Morgan fingerprint density at radius 3 is 2.76 bits per heavy atom. The summed E-state index contributed by atoms with van der Waals surface area (Å²) in [6, 6.07) is 20.5. The molecule has 0 aliphatic rings. The van der Waals surface area contributed by atoms with Gasteiger partial charge in [0, 0.05) is 26.5 Å². The molecule has 1 amide bonds. The van der Waals surface area contributed by atoms with Gasteiger partial charge in [0.05, 0.1) is 10.8 Å². The normalized spacial score (nSPS) is 11.0. The zero-order valence-electron chi connectivity index (χ0n) is 15.5. The highest BCUT2D eigenvalue weighted by Gasteiger charge is 2.11. The molecule has 0 saturated carbocycles. The van der Waals surface area contributed by atoms with Crippen LogP contribution in [0.15, 0.2) is 75.3 Å². The second-order valence-corrected chi connectivity index (χ2v) is 8.72. The lowest BCUT2D eigenvalue weighted by atomic mass is 10.2. The number of anilines is 1. The van der Waals surface area contributed by atoms with Crippen molar-refractivity contribution in [3.8, 4) is 11.8 Å². The van der Waals surface area contributed by atoms with Gasteiger partial charge >= 0.3 is 0 Å². The van der Waals surface area contributed by atoms with Crippen molar-refractivity contribution in [3.63, 3.8) is 0 Å². The first-order chi connectivity index (χ1) is 14.1. The number of amides is 1. The van der Waals surface area contributed by atoms with E-state index >= 15 is 0 Å². The minimum absolute atomic E-state index is 0.0386. The van der Waals surface area contributed by atoms with Crippen LogP contribution in [0.5, 0.6) is 5.75 Å². The van der Waals surface area contributed by atoms with Crippen LogP contribution in [0.3, 0.4) is 0 Å². The average Bonchev–Trinajstić information content (AvgIpc) is 3.15. The van der Waals surface area contributed by atoms with Crippen LogP contribution in [0, 0.1) is 11.3 Å². The predicted octanol–water partition coefficient (Wildman–Crippen LogP) is 6.50. The maximum absolute atomic E-state index is 12.5. The zero-order chi connectivity index (χ0) is 20.6. The zero-order valence-corrected chi connectivity index (χ0v) is 17.9. The van der Waals surface area contributed by atoms with Gasteiger partial charge in [0.15, 0.2) is 0 Å². The second-order valence-electron chi connectivity index (χ2n) is 5.80. The third-order valence-electron chi connectivity index (χ3n) is 3.69. The van der Waals surface area contributed by atoms with Crippen molar-refractivity contribution in [2.45, 2.75) is 16.0 Å². The summed E-state index contributed by atoms with van der Waals surface area (Å²) in [5.41, 5.74) is 0.615. The quantitative estimate of drug-likeness (QED) is 0.336. The Bertz CT molecular complexity index is 1070. The molecule has 7 heteroatoms. The molecule has 0 radical (unpaired) electrons. The fourth-order valence-electron chi connectivity index (χ4n) is 2.41. The molecule has 0 saturated heterocycles. The minimum atomic E-state index is -0.457. The van der Waals surface area contributed by atoms with Crippen LogP contribution in [0.25, 0.3) is 6.08 Å². The summed E-state index contributed by atoms with van der Waals surface area (Å²) >= 11 is 9.03. The van der Waals surface area contributed by atoms with Gasteiger partial charge in [-0.2, -0.15) is 5.26 Å². The van der Waals surface area contributed by atoms with Gasteiger partial charge in [0.25, 0.3) is 5.91 Å². The van der Waals surface area contributed by atoms with Gasteiger partial charge in [-0.15, -0.1) is 11.3 Å². The minimum Gasteiger partial charge on any atom is -0.494 e. The molecule has 3 aromatic rings. The molecule has 3 rings (SSSR count). The lowest BCUT2D eigenvalue weighted by Gasteiger charge is -2.07. The van der Waals surface area contributed by atoms with Gasteiger partial charge in [-0.25, -0.2) is 0 Å². The van der Waals surface area contributed by atoms with Crippen molar-refractivity contribution in [2.75, 3.05) is 11.9 Å². The summed E-state index contributed by atoms with van der Waals surface area (Å²) in [4.78, 5) is 14.4. The van der Waals surface area contributed by atoms with Gasteiger partial charge in [-0.3, -0.25) is 4.79 Å². The van der Waals surface area contributed by atoms with Gasteiger partial charge in [-0.1, -0.05) is 29.4 Å². The summed E-state index contributed by atoms with van der Waals surface area (Å²) in [5.74, 6) is 0.205. The topological polar surface area (TPSA) is 62.1 Å². The van der Waals surface area contributed by atoms with Crippen molar-refractivity contribution in [3.05, 3.63) is 76.1 Å². The maximum atomic E-state index is 12.5. The lowest BCUT2D eigenvalue weighted by Crippen LogP contribution is -2.13. The monoisotopic (exact) mass is 440 g/mol. The van der Waals surface area contributed by atoms with E-state index in [4.69, 9.17) is 16.3 Å². The number of ether oxygens (including phenoxy) is 1. The third kappa shape index (κ3) is 6.13. The summed E-state index contributed by atoms with van der Waals surface area (Å²) < 4.78 is 6.49. The van der Waals surface area contributed by atoms with E-state index in [1.807, 2.05) is 55.5 Å². The Morgan fingerprint density at radius 1 is 1.24 bits per heavy atom. The number of hydrogen-bond acceptors (Lipinski definition) is 5. The number of thiophene rings is 1. The third-order valence-corrected chi connectivity index (χ3v) is 6.11. The molecular formula is C22H17ClN2O2S2. The highest BCUT2D eigenvalue weighted by atomic mass is 35.5. The molecule has 0 atom stereocenters. The predicted molar refractivity (Wildman–Crippen MR) is 120 cm³/mol. The molecule has 4 nitrogen and oxygen atoms in total. The largest absolute Gasteiger partial charge is 0.494 e. The number of nitriles is 1. The molecule has 0 aliphatic carbocycles.